The molecule has 6 nitrogen and oxygen atoms in total. The molecular weight excluding hydrogens is 457 g/mol. The van der Waals surface area contributed by atoms with E-state index in [1.165, 1.54) is 0 Å². The predicted molar refractivity (Wildman–Crippen MR) is 124 cm³/mol. The number of nitrogens with one attached hydrogen (secondary N) is 1. The molecule has 0 spiro atoms. The van der Waals surface area contributed by atoms with Gasteiger partial charge in [0.15, 0.2) is 0 Å². The number of carbonyl (C=O) groups excluding carboxylic acids is 1. The fraction of sp³-hybridized carbons (Fsp3) is 0.682. The van der Waals surface area contributed by atoms with E-state index < -0.39 is 20.0 Å². The minimum atomic E-state index is -3.21. The van der Waals surface area contributed by atoms with Gasteiger partial charge in [-0.25, -0.2) is 8.42 Å². The molecule has 9 heteroatoms. The number of sulfonamides is 1. The Hall–Kier alpha value is -0.860. The number of carbonyl (C=O) groups is 1. The number of rotatable bonds is 7. The molecule has 1 saturated heterocycles. The van der Waals surface area contributed by atoms with Gasteiger partial charge >= 0.3 is 0 Å². The fourth-order valence-electron chi connectivity index (χ4n) is 4.97. The normalized spacial score (nSPS) is 23.4. The van der Waals surface area contributed by atoms with Gasteiger partial charge in [-0.1, -0.05) is 60.7 Å². The molecule has 1 N–H and O–H groups in total. The second kappa shape index (κ2) is 9.18. The first-order valence-corrected chi connectivity index (χ1v) is 13.6. The SMILES string of the molecule is O=C(NC(Cl)(Cl)C1(N2CCN(S(=O)(=O)CC3CC3)CC2)CCCCC1)c1ccccc1. The highest BCUT2D eigenvalue weighted by Crippen LogP contribution is 2.47. The monoisotopic (exact) mass is 487 g/mol. The molecule has 4 rings (SSSR count). The number of halogens is 2. The number of alkyl halides is 2. The minimum absolute atomic E-state index is 0.264. The van der Waals surface area contributed by atoms with E-state index >= 15 is 0 Å². The van der Waals surface area contributed by atoms with Crippen LogP contribution in [0.25, 0.3) is 0 Å². The van der Waals surface area contributed by atoms with Crippen molar-refractivity contribution < 1.29 is 13.2 Å². The van der Waals surface area contributed by atoms with Crippen LogP contribution < -0.4 is 5.32 Å². The maximum atomic E-state index is 12.8. The number of amides is 1. The molecule has 1 heterocycles. The molecule has 2 saturated carbocycles. The zero-order valence-corrected chi connectivity index (χ0v) is 20.1. The van der Waals surface area contributed by atoms with Crippen LogP contribution in [-0.2, 0) is 10.0 Å². The van der Waals surface area contributed by atoms with Crippen LogP contribution in [0, 0.1) is 5.92 Å². The molecule has 0 radical (unpaired) electrons. The van der Waals surface area contributed by atoms with Crippen LogP contribution >= 0.6 is 23.2 Å². The molecule has 1 aromatic rings. The van der Waals surface area contributed by atoms with E-state index in [0.29, 0.717) is 37.7 Å². The highest BCUT2D eigenvalue weighted by molar-refractivity contribution is 7.89. The molecule has 1 aliphatic heterocycles. The third kappa shape index (κ3) is 5.06. The lowest BCUT2D eigenvalue weighted by molar-refractivity contribution is 0.00448. The summed E-state index contributed by atoms with van der Waals surface area (Å²) in [5.74, 6) is 0.292. The van der Waals surface area contributed by atoms with E-state index in [2.05, 4.69) is 10.2 Å². The predicted octanol–water partition coefficient (Wildman–Crippen LogP) is 3.61. The van der Waals surface area contributed by atoms with E-state index in [1.54, 1.807) is 28.6 Å². The van der Waals surface area contributed by atoms with Gasteiger partial charge in [0, 0.05) is 31.7 Å². The van der Waals surface area contributed by atoms with Crippen molar-refractivity contribution >= 4 is 39.1 Å². The number of nitrogens with zero attached hydrogens (tertiary/aromatic N) is 2. The molecular formula is C22H31Cl2N3O3S. The number of piperazine rings is 1. The van der Waals surface area contributed by atoms with Crippen molar-refractivity contribution in [2.45, 2.75) is 54.9 Å². The van der Waals surface area contributed by atoms with Gasteiger partial charge in [-0.2, -0.15) is 4.31 Å². The van der Waals surface area contributed by atoms with Crippen LogP contribution in [0.5, 0.6) is 0 Å². The van der Waals surface area contributed by atoms with E-state index in [1.807, 2.05) is 6.07 Å². The molecule has 0 bridgehead atoms. The lowest BCUT2D eigenvalue weighted by Gasteiger charge is -2.54. The Balaban J connectivity index is 1.49. The Kier molecular flexibility index (Phi) is 6.90. The maximum absolute atomic E-state index is 12.8. The second-order valence-corrected chi connectivity index (χ2v) is 12.4. The Morgan fingerprint density at radius 3 is 2.23 bits per heavy atom. The van der Waals surface area contributed by atoms with Gasteiger partial charge in [-0.3, -0.25) is 9.69 Å². The minimum Gasteiger partial charge on any atom is -0.319 e. The molecule has 0 aromatic heterocycles. The van der Waals surface area contributed by atoms with Gasteiger partial charge in [0.1, 0.15) is 0 Å². The van der Waals surface area contributed by atoms with Gasteiger partial charge in [0.05, 0.1) is 11.3 Å². The summed E-state index contributed by atoms with van der Waals surface area (Å²) in [6.45, 7) is 2.00. The molecule has 0 atom stereocenters. The van der Waals surface area contributed by atoms with Crippen molar-refractivity contribution in [3.63, 3.8) is 0 Å². The van der Waals surface area contributed by atoms with Crippen LogP contribution in [-0.4, -0.2) is 65.5 Å². The molecule has 2 aliphatic carbocycles. The van der Waals surface area contributed by atoms with Gasteiger partial charge in [-0.15, -0.1) is 0 Å². The van der Waals surface area contributed by atoms with Crippen LogP contribution in [0.4, 0.5) is 0 Å². The van der Waals surface area contributed by atoms with Gasteiger partial charge in [0.2, 0.25) is 14.5 Å². The number of hydrogen-bond donors (Lipinski definition) is 1. The largest absolute Gasteiger partial charge is 0.319 e. The van der Waals surface area contributed by atoms with Gasteiger partial charge in [0.25, 0.3) is 5.91 Å². The van der Waals surface area contributed by atoms with Crippen LogP contribution in [0.2, 0.25) is 0 Å². The van der Waals surface area contributed by atoms with Gasteiger partial charge in [-0.05, 0) is 43.7 Å². The highest BCUT2D eigenvalue weighted by atomic mass is 35.5. The number of benzene rings is 1. The topological polar surface area (TPSA) is 69.7 Å². The average Bonchev–Trinajstić information content (AvgIpc) is 3.58. The van der Waals surface area contributed by atoms with E-state index in [-0.39, 0.29) is 11.7 Å². The smallest absolute Gasteiger partial charge is 0.253 e. The summed E-state index contributed by atoms with van der Waals surface area (Å²) in [7, 11) is -3.21. The van der Waals surface area contributed by atoms with Crippen LogP contribution in [0.1, 0.15) is 55.3 Å². The Morgan fingerprint density at radius 2 is 1.65 bits per heavy atom. The molecule has 0 unspecified atom stereocenters. The standard InChI is InChI=1S/C22H31Cl2N3O3S/c23-22(24,25-20(28)19-7-3-1-4-8-19)21(11-5-2-6-12-21)26-13-15-27(16-14-26)31(29,30)17-18-9-10-18/h1,3-4,7-8,18H,2,5-6,9-17H2,(H,25,28). The molecule has 172 valence electrons. The number of hydrogen-bond acceptors (Lipinski definition) is 4. The first-order chi connectivity index (χ1) is 14.7. The third-order valence-electron chi connectivity index (χ3n) is 6.95. The third-order valence-corrected chi connectivity index (χ3v) is 9.89. The summed E-state index contributed by atoms with van der Waals surface area (Å²) < 4.78 is 25.5. The lowest BCUT2D eigenvalue weighted by atomic mass is 9.79. The van der Waals surface area contributed by atoms with Crippen molar-refractivity contribution in [2.24, 2.45) is 5.92 Å². The average molecular weight is 488 g/mol. The molecule has 3 fully saturated rings. The summed E-state index contributed by atoms with van der Waals surface area (Å²) >= 11 is 13.8. The fourth-order valence-corrected chi connectivity index (χ4v) is 7.62. The van der Waals surface area contributed by atoms with E-state index in [0.717, 1.165) is 44.9 Å². The molecule has 3 aliphatic rings. The quantitative estimate of drug-likeness (QED) is 0.471. The first kappa shape index (κ1) is 23.3. The van der Waals surface area contributed by atoms with E-state index in [9.17, 15) is 13.2 Å². The molecule has 1 amide bonds. The zero-order chi connectivity index (χ0) is 22.1. The van der Waals surface area contributed by atoms with Gasteiger partial charge < -0.3 is 5.32 Å². The second-order valence-electron chi connectivity index (χ2n) is 9.09. The van der Waals surface area contributed by atoms with Crippen molar-refractivity contribution in [1.82, 2.24) is 14.5 Å². The summed E-state index contributed by atoms with van der Waals surface area (Å²) in [6.07, 6.45) is 6.63. The summed E-state index contributed by atoms with van der Waals surface area (Å²) in [4.78, 5) is 15.1. The summed E-state index contributed by atoms with van der Waals surface area (Å²) in [6, 6.07) is 8.92. The molecule has 1 aromatic carbocycles. The Bertz CT molecular complexity index is 877. The van der Waals surface area contributed by atoms with Crippen molar-refractivity contribution in [3.05, 3.63) is 35.9 Å². The van der Waals surface area contributed by atoms with Crippen LogP contribution in [0.3, 0.4) is 0 Å². The molecule has 31 heavy (non-hydrogen) atoms. The highest BCUT2D eigenvalue weighted by Gasteiger charge is 2.55. The Labute approximate surface area is 195 Å². The van der Waals surface area contributed by atoms with E-state index in [4.69, 9.17) is 23.2 Å². The summed E-state index contributed by atoms with van der Waals surface area (Å²) in [5, 5.41) is 2.87. The van der Waals surface area contributed by atoms with Crippen molar-refractivity contribution in [3.8, 4) is 0 Å². The summed E-state index contributed by atoms with van der Waals surface area (Å²) in [5.41, 5.74) is -0.111. The lowest BCUT2D eigenvalue weighted by Crippen LogP contribution is -2.69. The first-order valence-electron chi connectivity index (χ1n) is 11.2. The maximum Gasteiger partial charge on any atom is 0.253 e. The Morgan fingerprint density at radius 1 is 1.03 bits per heavy atom. The zero-order valence-electron chi connectivity index (χ0n) is 17.7. The van der Waals surface area contributed by atoms with Crippen molar-refractivity contribution in [1.29, 1.82) is 0 Å². The van der Waals surface area contributed by atoms with Crippen molar-refractivity contribution in [2.75, 3.05) is 31.9 Å². The van der Waals surface area contributed by atoms with Crippen LogP contribution in [0.15, 0.2) is 30.3 Å².